The summed E-state index contributed by atoms with van der Waals surface area (Å²) in [6, 6.07) is 1.10. The quantitative estimate of drug-likeness (QED) is 0.730. The van der Waals surface area contributed by atoms with Crippen molar-refractivity contribution in [3.8, 4) is 0 Å². The van der Waals surface area contributed by atoms with E-state index in [1.807, 2.05) is 13.8 Å². The molecule has 0 aliphatic carbocycles. The summed E-state index contributed by atoms with van der Waals surface area (Å²) in [5.74, 6) is 0.396. The first kappa shape index (κ1) is 12.2. The van der Waals surface area contributed by atoms with Gasteiger partial charge in [0.2, 0.25) is 5.95 Å². The van der Waals surface area contributed by atoms with Crippen LogP contribution in [0.1, 0.15) is 13.8 Å². The van der Waals surface area contributed by atoms with Crippen molar-refractivity contribution in [3.63, 3.8) is 0 Å². The van der Waals surface area contributed by atoms with Gasteiger partial charge in [-0.15, -0.1) is 0 Å². The molecular weight excluding hydrogens is 208 g/mol. The van der Waals surface area contributed by atoms with Gasteiger partial charge in [-0.25, -0.2) is 9.78 Å². The van der Waals surface area contributed by atoms with Crippen molar-refractivity contribution in [3.05, 3.63) is 12.3 Å². The van der Waals surface area contributed by atoms with E-state index in [2.05, 4.69) is 20.0 Å². The zero-order valence-electron chi connectivity index (χ0n) is 9.60. The number of ether oxygens (including phenoxy) is 1. The summed E-state index contributed by atoms with van der Waals surface area (Å²) in [4.78, 5) is 19.4. The molecule has 0 radical (unpaired) electrons. The molecular formula is C10H16N4O2. The number of nitrogens with two attached hydrogens (primary N) is 1. The number of anilines is 2. The Kier molecular flexibility index (Phi) is 4.04. The smallest absolute Gasteiger partial charge is 0.328 e. The highest BCUT2D eigenvalue weighted by atomic mass is 16.5. The molecule has 0 fully saturated rings. The second-order valence-electron chi connectivity index (χ2n) is 3.69. The first-order valence-electron chi connectivity index (χ1n) is 4.97. The normalized spacial score (nSPS) is 12.2. The molecule has 1 unspecified atom stereocenters. The number of aromatic nitrogens is 2. The van der Waals surface area contributed by atoms with E-state index in [0.717, 1.165) is 0 Å². The third-order valence-corrected chi connectivity index (χ3v) is 2.08. The maximum Gasteiger partial charge on any atom is 0.328 e. The highest BCUT2D eigenvalue weighted by Crippen LogP contribution is 2.10. The molecule has 6 heteroatoms. The summed E-state index contributed by atoms with van der Waals surface area (Å²) < 4.78 is 4.69. The van der Waals surface area contributed by atoms with Crippen molar-refractivity contribution >= 4 is 17.7 Å². The molecule has 0 aliphatic heterocycles. The lowest BCUT2D eigenvalue weighted by Crippen LogP contribution is -2.36. The zero-order chi connectivity index (χ0) is 12.1. The molecule has 3 N–H and O–H groups in total. The lowest BCUT2D eigenvalue weighted by molar-refractivity contribution is -0.142. The van der Waals surface area contributed by atoms with Crippen LogP contribution in [0.4, 0.5) is 11.8 Å². The summed E-state index contributed by atoms with van der Waals surface area (Å²) in [6.45, 7) is 3.81. The molecule has 1 aromatic rings. The Bertz CT molecular complexity index is 368. The molecule has 1 rings (SSSR count). The fourth-order valence-electron chi connectivity index (χ4n) is 1.21. The first-order chi connectivity index (χ1) is 7.54. The minimum Gasteiger partial charge on any atom is -0.467 e. The SMILES string of the molecule is COC(=O)C(Nc1nccc(N)n1)C(C)C. The van der Waals surface area contributed by atoms with Crippen molar-refractivity contribution in [1.82, 2.24) is 9.97 Å². The molecule has 0 spiro atoms. The highest BCUT2D eigenvalue weighted by Gasteiger charge is 2.23. The van der Waals surface area contributed by atoms with Gasteiger partial charge < -0.3 is 15.8 Å². The molecule has 88 valence electrons. The van der Waals surface area contributed by atoms with Gasteiger partial charge in [-0.2, -0.15) is 4.98 Å². The van der Waals surface area contributed by atoms with E-state index in [9.17, 15) is 4.79 Å². The van der Waals surface area contributed by atoms with E-state index in [4.69, 9.17) is 5.73 Å². The molecule has 6 nitrogen and oxygen atoms in total. The monoisotopic (exact) mass is 224 g/mol. The number of carbonyl (C=O) groups excluding carboxylic acids is 1. The number of methoxy groups -OCH3 is 1. The lowest BCUT2D eigenvalue weighted by Gasteiger charge is -2.19. The van der Waals surface area contributed by atoms with Gasteiger partial charge in [0.05, 0.1) is 7.11 Å². The van der Waals surface area contributed by atoms with Gasteiger partial charge in [0.25, 0.3) is 0 Å². The predicted octanol–water partition coefficient (Wildman–Crippen LogP) is 0.668. The third-order valence-electron chi connectivity index (χ3n) is 2.08. The average Bonchev–Trinajstić information content (AvgIpc) is 2.24. The van der Waals surface area contributed by atoms with Crippen molar-refractivity contribution in [2.75, 3.05) is 18.2 Å². The Hall–Kier alpha value is -1.85. The van der Waals surface area contributed by atoms with E-state index in [1.165, 1.54) is 13.3 Å². The van der Waals surface area contributed by atoms with E-state index < -0.39 is 6.04 Å². The van der Waals surface area contributed by atoms with Gasteiger partial charge in [0.1, 0.15) is 11.9 Å². The Morgan fingerprint density at radius 1 is 1.56 bits per heavy atom. The van der Waals surface area contributed by atoms with Gasteiger partial charge in [-0.3, -0.25) is 0 Å². The maximum absolute atomic E-state index is 11.5. The molecule has 0 amide bonds. The van der Waals surface area contributed by atoms with Gasteiger partial charge in [-0.05, 0) is 12.0 Å². The fourth-order valence-corrected chi connectivity index (χ4v) is 1.21. The molecule has 1 atom stereocenters. The largest absolute Gasteiger partial charge is 0.467 e. The predicted molar refractivity (Wildman–Crippen MR) is 60.7 cm³/mol. The summed E-state index contributed by atoms with van der Waals surface area (Å²) in [5.41, 5.74) is 5.51. The Labute approximate surface area is 94.2 Å². The maximum atomic E-state index is 11.5. The molecule has 16 heavy (non-hydrogen) atoms. The zero-order valence-corrected chi connectivity index (χ0v) is 9.60. The summed E-state index contributed by atoms with van der Waals surface area (Å²) in [7, 11) is 1.35. The van der Waals surface area contributed by atoms with Crippen LogP contribution in [0.2, 0.25) is 0 Å². The second-order valence-corrected chi connectivity index (χ2v) is 3.69. The first-order valence-corrected chi connectivity index (χ1v) is 4.97. The molecule has 1 aromatic heterocycles. The summed E-state index contributed by atoms with van der Waals surface area (Å²) in [5, 5.41) is 2.89. The molecule has 0 saturated heterocycles. The molecule has 0 saturated carbocycles. The number of nitrogens with one attached hydrogen (secondary N) is 1. The number of carbonyl (C=O) groups is 1. The Balaban J connectivity index is 2.79. The van der Waals surface area contributed by atoms with Crippen molar-refractivity contribution in [2.45, 2.75) is 19.9 Å². The second kappa shape index (κ2) is 5.29. The van der Waals surface area contributed by atoms with Crippen LogP contribution in [0.15, 0.2) is 12.3 Å². The van der Waals surface area contributed by atoms with Gasteiger partial charge >= 0.3 is 5.97 Å². The van der Waals surface area contributed by atoms with Crippen LogP contribution in [0, 0.1) is 5.92 Å². The number of hydrogen-bond acceptors (Lipinski definition) is 6. The molecule has 1 heterocycles. The van der Waals surface area contributed by atoms with E-state index in [1.54, 1.807) is 6.07 Å². The van der Waals surface area contributed by atoms with Crippen LogP contribution in [0.3, 0.4) is 0 Å². The van der Waals surface area contributed by atoms with Crippen molar-refractivity contribution < 1.29 is 9.53 Å². The third kappa shape index (κ3) is 3.08. The number of rotatable bonds is 4. The van der Waals surface area contributed by atoms with E-state index in [-0.39, 0.29) is 11.9 Å². The van der Waals surface area contributed by atoms with Crippen LogP contribution in [0.5, 0.6) is 0 Å². The fraction of sp³-hybridized carbons (Fsp3) is 0.500. The number of hydrogen-bond donors (Lipinski definition) is 2. The van der Waals surface area contributed by atoms with Crippen LogP contribution < -0.4 is 11.1 Å². The Morgan fingerprint density at radius 3 is 2.75 bits per heavy atom. The van der Waals surface area contributed by atoms with Crippen molar-refractivity contribution in [1.29, 1.82) is 0 Å². The van der Waals surface area contributed by atoms with Crippen LogP contribution >= 0.6 is 0 Å². The minimum atomic E-state index is -0.480. The van der Waals surface area contributed by atoms with Gasteiger partial charge in [0, 0.05) is 6.20 Å². The highest BCUT2D eigenvalue weighted by molar-refractivity contribution is 5.78. The minimum absolute atomic E-state index is 0.0671. The van der Waals surface area contributed by atoms with E-state index in [0.29, 0.717) is 11.8 Å². The molecule has 0 aromatic carbocycles. The van der Waals surface area contributed by atoms with Gasteiger partial charge in [0.15, 0.2) is 0 Å². The number of nitrogen functional groups attached to an aromatic ring is 1. The van der Waals surface area contributed by atoms with E-state index >= 15 is 0 Å². The molecule has 0 aliphatic rings. The van der Waals surface area contributed by atoms with Gasteiger partial charge in [-0.1, -0.05) is 13.8 Å². The number of esters is 1. The average molecular weight is 224 g/mol. The van der Waals surface area contributed by atoms with Crippen LogP contribution in [-0.2, 0) is 9.53 Å². The number of nitrogens with zero attached hydrogens (tertiary/aromatic N) is 2. The topological polar surface area (TPSA) is 90.1 Å². The van der Waals surface area contributed by atoms with Crippen molar-refractivity contribution in [2.24, 2.45) is 5.92 Å². The Morgan fingerprint density at radius 2 is 2.25 bits per heavy atom. The standard InChI is InChI=1S/C10H16N4O2/c1-6(2)8(9(15)16-3)14-10-12-5-4-7(11)13-10/h4-6,8H,1-3H3,(H3,11,12,13,14). The van der Waals surface area contributed by atoms with Crippen LogP contribution in [-0.4, -0.2) is 29.1 Å². The van der Waals surface area contributed by atoms with Crippen LogP contribution in [0.25, 0.3) is 0 Å². The lowest BCUT2D eigenvalue weighted by atomic mass is 10.1. The molecule has 0 bridgehead atoms. The summed E-state index contributed by atoms with van der Waals surface area (Å²) in [6.07, 6.45) is 1.53. The summed E-state index contributed by atoms with van der Waals surface area (Å²) >= 11 is 0.